The summed E-state index contributed by atoms with van der Waals surface area (Å²) in [6.07, 6.45) is 3.35. The van der Waals surface area contributed by atoms with Crippen molar-refractivity contribution < 1.29 is 0 Å². The van der Waals surface area contributed by atoms with Gasteiger partial charge >= 0.3 is 0 Å². The molecule has 1 N–H and O–H groups in total. The van der Waals surface area contributed by atoms with E-state index >= 15 is 0 Å². The first-order valence-electron chi connectivity index (χ1n) is 5.07. The Morgan fingerprint density at radius 2 is 2.00 bits per heavy atom. The van der Waals surface area contributed by atoms with Gasteiger partial charge in [-0.05, 0) is 39.3 Å². The number of nitrogens with one attached hydrogen (secondary N) is 1. The minimum absolute atomic E-state index is 0.742. The molecule has 76 valence electrons. The lowest BCUT2D eigenvalue weighted by atomic mass is 10.1. The fourth-order valence-electron chi connectivity index (χ4n) is 0.956. The maximum absolute atomic E-state index is 3.89. The lowest BCUT2D eigenvalue weighted by molar-refractivity contribution is 0.556. The van der Waals surface area contributed by atoms with Gasteiger partial charge < -0.3 is 5.32 Å². The van der Waals surface area contributed by atoms with E-state index in [1.165, 1.54) is 11.1 Å². The second kappa shape index (κ2) is 6.90. The van der Waals surface area contributed by atoms with E-state index in [4.69, 9.17) is 0 Å². The lowest BCUT2D eigenvalue weighted by Gasteiger charge is -2.05. The van der Waals surface area contributed by atoms with Crippen LogP contribution in [0.1, 0.15) is 34.1 Å². The van der Waals surface area contributed by atoms with Crippen LogP contribution < -0.4 is 5.32 Å². The third-order valence-corrected chi connectivity index (χ3v) is 2.00. The Hall–Kier alpha value is -0.560. The average molecular weight is 181 g/mol. The Bertz CT molecular complexity index is 178. The molecule has 0 aliphatic rings. The summed E-state index contributed by atoms with van der Waals surface area (Å²) in [5.74, 6) is 0.742. The molecule has 0 aromatic carbocycles. The molecule has 0 aliphatic heterocycles. The third-order valence-electron chi connectivity index (χ3n) is 2.00. The van der Waals surface area contributed by atoms with Gasteiger partial charge in [-0.1, -0.05) is 37.6 Å². The van der Waals surface area contributed by atoms with Gasteiger partial charge in [0.1, 0.15) is 0 Å². The summed E-state index contributed by atoms with van der Waals surface area (Å²) < 4.78 is 0. The Morgan fingerprint density at radius 1 is 1.38 bits per heavy atom. The van der Waals surface area contributed by atoms with Crippen LogP contribution in [0.5, 0.6) is 0 Å². The topological polar surface area (TPSA) is 12.0 Å². The van der Waals surface area contributed by atoms with Crippen molar-refractivity contribution in [1.82, 2.24) is 5.32 Å². The summed E-state index contributed by atoms with van der Waals surface area (Å²) in [7, 11) is 0. The maximum atomic E-state index is 3.89. The highest BCUT2D eigenvalue weighted by Crippen LogP contribution is 2.05. The second-order valence-corrected chi connectivity index (χ2v) is 4.05. The zero-order valence-corrected chi connectivity index (χ0v) is 9.48. The first-order valence-corrected chi connectivity index (χ1v) is 5.07. The number of allylic oxidation sites excluding steroid dienone is 2. The Kier molecular flexibility index (Phi) is 6.61. The molecule has 1 heteroatoms. The van der Waals surface area contributed by atoms with Gasteiger partial charge in [-0.25, -0.2) is 0 Å². The number of hydrogen-bond acceptors (Lipinski definition) is 1. The van der Waals surface area contributed by atoms with Gasteiger partial charge in [-0.15, -0.1) is 0 Å². The highest BCUT2D eigenvalue weighted by Gasteiger charge is 1.92. The molecule has 0 saturated carbocycles. The summed E-state index contributed by atoms with van der Waals surface area (Å²) in [6, 6.07) is 0. The van der Waals surface area contributed by atoms with E-state index in [1.54, 1.807) is 0 Å². The molecule has 0 fully saturated rings. The van der Waals surface area contributed by atoms with E-state index in [-0.39, 0.29) is 0 Å². The quantitative estimate of drug-likeness (QED) is 0.490. The molecular weight excluding hydrogens is 158 g/mol. The van der Waals surface area contributed by atoms with Crippen LogP contribution >= 0.6 is 0 Å². The predicted molar refractivity (Wildman–Crippen MR) is 60.9 cm³/mol. The van der Waals surface area contributed by atoms with Crippen molar-refractivity contribution in [2.24, 2.45) is 5.92 Å². The first kappa shape index (κ1) is 12.4. The van der Waals surface area contributed by atoms with Crippen molar-refractivity contribution in [2.75, 3.05) is 13.1 Å². The highest BCUT2D eigenvalue weighted by atomic mass is 14.8. The third kappa shape index (κ3) is 7.79. The minimum atomic E-state index is 0.742. The van der Waals surface area contributed by atoms with Crippen LogP contribution in [-0.4, -0.2) is 13.1 Å². The smallest absolute Gasteiger partial charge is 0.00139 e. The van der Waals surface area contributed by atoms with E-state index in [0.717, 1.165) is 25.4 Å². The van der Waals surface area contributed by atoms with Crippen LogP contribution in [0, 0.1) is 5.92 Å². The molecule has 0 amide bonds. The van der Waals surface area contributed by atoms with Gasteiger partial charge in [0, 0.05) is 0 Å². The van der Waals surface area contributed by atoms with E-state index in [1.807, 2.05) is 6.92 Å². The van der Waals surface area contributed by atoms with E-state index in [0.29, 0.717) is 0 Å². The molecule has 0 aromatic rings. The Morgan fingerprint density at radius 3 is 2.46 bits per heavy atom. The molecule has 0 rings (SSSR count). The first-order chi connectivity index (χ1) is 6.04. The largest absolute Gasteiger partial charge is 0.316 e. The van der Waals surface area contributed by atoms with Crippen molar-refractivity contribution in [3.05, 3.63) is 23.8 Å². The molecule has 0 atom stereocenters. The van der Waals surface area contributed by atoms with Crippen LogP contribution in [0.2, 0.25) is 0 Å². The van der Waals surface area contributed by atoms with E-state index in [2.05, 4.69) is 38.7 Å². The van der Waals surface area contributed by atoms with Crippen LogP contribution in [0.25, 0.3) is 0 Å². The van der Waals surface area contributed by atoms with E-state index in [9.17, 15) is 0 Å². The summed E-state index contributed by atoms with van der Waals surface area (Å²) in [5, 5.41) is 3.40. The van der Waals surface area contributed by atoms with Crippen molar-refractivity contribution in [3.63, 3.8) is 0 Å². The van der Waals surface area contributed by atoms with Crippen molar-refractivity contribution in [2.45, 2.75) is 34.1 Å². The van der Waals surface area contributed by atoms with Gasteiger partial charge in [0.15, 0.2) is 0 Å². The molecule has 0 radical (unpaired) electrons. The monoisotopic (exact) mass is 181 g/mol. The highest BCUT2D eigenvalue weighted by molar-refractivity contribution is 5.23. The molecular formula is C12H23N. The SMILES string of the molecule is C=C(C)C(C)=CCCNCC(C)C. The maximum Gasteiger partial charge on any atom is -0.00139 e. The van der Waals surface area contributed by atoms with Crippen molar-refractivity contribution in [3.8, 4) is 0 Å². The normalized spacial score (nSPS) is 12.2. The molecule has 0 bridgehead atoms. The Balaban J connectivity index is 3.45. The molecule has 0 aromatic heterocycles. The van der Waals surface area contributed by atoms with Crippen molar-refractivity contribution in [1.29, 1.82) is 0 Å². The summed E-state index contributed by atoms with van der Waals surface area (Å²) in [4.78, 5) is 0. The lowest BCUT2D eigenvalue weighted by Crippen LogP contribution is -2.20. The zero-order valence-electron chi connectivity index (χ0n) is 9.48. The molecule has 0 unspecified atom stereocenters. The van der Waals surface area contributed by atoms with Gasteiger partial charge in [0.2, 0.25) is 0 Å². The van der Waals surface area contributed by atoms with Crippen LogP contribution in [0.15, 0.2) is 23.8 Å². The molecule has 0 heterocycles. The van der Waals surface area contributed by atoms with Crippen LogP contribution in [-0.2, 0) is 0 Å². The van der Waals surface area contributed by atoms with Gasteiger partial charge in [-0.3, -0.25) is 0 Å². The van der Waals surface area contributed by atoms with Crippen LogP contribution in [0.3, 0.4) is 0 Å². The standard InChI is InChI=1S/C12H23N/c1-10(2)9-13-8-6-7-12(5)11(3)4/h7,10,13H,3,6,8-9H2,1-2,4-5H3. The second-order valence-electron chi connectivity index (χ2n) is 4.05. The fourth-order valence-corrected chi connectivity index (χ4v) is 0.956. The molecule has 0 spiro atoms. The van der Waals surface area contributed by atoms with Gasteiger partial charge in [-0.2, -0.15) is 0 Å². The average Bonchev–Trinajstić information content (AvgIpc) is 2.02. The molecule has 1 nitrogen and oxygen atoms in total. The zero-order chi connectivity index (χ0) is 10.3. The summed E-state index contributed by atoms with van der Waals surface area (Å²) >= 11 is 0. The van der Waals surface area contributed by atoms with E-state index < -0.39 is 0 Å². The molecule has 0 saturated heterocycles. The molecule has 13 heavy (non-hydrogen) atoms. The Labute approximate surface area is 82.9 Å². The molecule has 0 aliphatic carbocycles. The van der Waals surface area contributed by atoms with Gasteiger partial charge in [0.05, 0.1) is 0 Å². The van der Waals surface area contributed by atoms with Crippen molar-refractivity contribution >= 4 is 0 Å². The van der Waals surface area contributed by atoms with Crippen LogP contribution in [0.4, 0.5) is 0 Å². The van der Waals surface area contributed by atoms with Gasteiger partial charge in [0.25, 0.3) is 0 Å². The summed E-state index contributed by atoms with van der Waals surface area (Å²) in [6.45, 7) is 14.7. The summed E-state index contributed by atoms with van der Waals surface area (Å²) in [5.41, 5.74) is 2.48. The predicted octanol–water partition coefficient (Wildman–Crippen LogP) is 3.14. The minimum Gasteiger partial charge on any atom is -0.316 e. The fraction of sp³-hybridized carbons (Fsp3) is 0.667. The number of rotatable bonds is 6. The number of hydrogen-bond donors (Lipinski definition) is 1.